The second kappa shape index (κ2) is 7.93. The number of urea groups is 1. The lowest BCUT2D eigenvalue weighted by atomic mass is 10.2. The fraction of sp³-hybridized carbons (Fsp3) is 0.529. The second-order valence-electron chi connectivity index (χ2n) is 6.20. The van der Waals surface area contributed by atoms with Crippen molar-refractivity contribution in [1.29, 1.82) is 0 Å². The van der Waals surface area contributed by atoms with Crippen LogP contribution in [0.3, 0.4) is 0 Å². The van der Waals surface area contributed by atoms with Gasteiger partial charge >= 0.3 is 6.03 Å². The van der Waals surface area contributed by atoms with Gasteiger partial charge in [-0.1, -0.05) is 19.9 Å². The number of aryl methyl sites for hydroxylation is 2. The summed E-state index contributed by atoms with van der Waals surface area (Å²) in [4.78, 5) is 21.5. The van der Waals surface area contributed by atoms with Crippen molar-refractivity contribution in [3.05, 3.63) is 38.0 Å². The Hall–Kier alpha value is -1.40. The molecule has 0 saturated carbocycles. The quantitative estimate of drug-likeness (QED) is 0.816. The van der Waals surface area contributed by atoms with E-state index in [1.807, 2.05) is 30.2 Å². The summed E-state index contributed by atoms with van der Waals surface area (Å²) in [6, 6.07) is 3.99. The van der Waals surface area contributed by atoms with E-state index >= 15 is 0 Å². The number of thiophene rings is 1. The van der Waals surface area contributed by atoms with Gasteiger partial charge in [-0.3, -0.25) is 0 Å². The number of aromatic nitrogens is 1. The molecule has 2 aromatic heterocycles. The van der Waals surface area contributed by atoms with Crippen molar-refractivity contribution < 1.29 is 4.79 Å². The van der Waals surface area contributed by atoms with E-state index in [-0.39, 0.29) is 12.1 Å². The van der Waals surface area contributed by atoms with Gasteiger partial charge in [-0.25, -0.2) is 9.78 Å². The maximum Gasteiger partial charge on any atom is 0.318 e. The first-order valence-electron chi connectivity index (χ1n) is 7.88. The maximum absolute atomic E-state index is 12.7. The maximum atomic E-state index is 12.7. The molecular weight excluding hydrogens is 326 g/mol. The Labute approximate surface area is 146 Å². The molecule has 0 fully saturated rings. The topological polar surface area (TPSA) is 45.2 Å². The molecule has 1 N–H and O–H groups in total. The molecule has 0 spiro atoms. The molecule has 2 aromatic rings. The van der Waals surface area contributed by atoms with Gasteiger partial charge in [-0.15, -0.1) is 22.7 Å². The molecule has 0 radical (unpaired) electrons. The van der Waals surface area contributed by atoms with Crippen LogP contribution < -0.4 is 5.32 Å². The van der Waals surface area contributed by atoms with E-state index in [9.17, 15) is 4.79 Å². The number of rotatable bonds is 6. The van der Waals surface area contributed by atoms with Crippen LogP contribution in [-0.2, 0) is 6.54 Å². The highest BCUT2D eigenvalue weighted by Crippen LogP contribution is 2.23. The van der Waals surface area contributed by atoms with E-state index in [0.29, 0.717) is 12.5 Å². The van der Waals surface area contributed by atoms with Crippen LogP contribution in [0.2, 0.25) is 0 Å². The lowest BCUT2D eigenvalue weighted by Crippen LogP contribution is -2.42. The van der Waals surface area contributed by atoms with Crippen LogP contribution in [0.1, 0.15) is 47.3 Å². The van der Waals surface area contributed by atoms with Gasteiger partial charge in [0.25, 0.3) is 0 Å². The summed E-state index contributed by atoms with van der Waals surface area (Å²) in [5, 5.41) is 6.19. The molecular formula is C17H25N3OS2. The summed E-state index contributed by atoms with van der Waals surface area (Å²) in [5.74, 6) is 0.430. The van der Waals surface area contributed by atoms with Crippen LogP contribution in [0.5, 0.6) is 0 Å². The Kier molecular flexibility index (Phi) is 6.18. The summed E-state index contributed by atoms with van der Waals surface area (Å²) in [7, 11) is 0. The van der Waals surface area contributed by atoms with Crippen LogP contribution in [0.15, 0.2) is 17.5 Å². The molecule has 126 valence electrons. The summed E-state index contributed by atoms with van der Waals surface area (Å²) in [6.07, 6.45) is 0. The van der Waals surface area contributed by atoms with Gasteiger partial charge in [0.05, 0.1) is 23.3 Å². The molecule has 1 atom stereocenters. The first kappa shape index (κ1) is 17.9. The number of amides is 2. The van der Waals surface area contributed by atoms with Crippen LogP contribution >= 0.6 is 22.7 Å². The minimum atomic E-state index is -0.0783. The average Bonchev–Trinajstić information content (AvgIpc) is 3.07. The zero-order chi connectivity index (χ0) is 17.0. The number of nitrogens with zero attached hydrogens (tertiary/aromatic N) is 2. The minimum Gasteiger partial charge on any atom is -0.330 e. The van der Waals surface area contributed by atoms with Gasteiger partial charge in [0.15, 0.2) is 0 Å². The summed E-state index contributed by atoms with van der Waals surface area (Å²) >= 11 is 3.36. The van der Waals surface area contributed by atoms with Gasteiger partial charge in [-0.05, 0) is 38.1 Å². The highest BCUT2D eigenvalue weighted by atomic mass is 32.1. The van der Waals surface area contributed by atoms with E-state index in [4.69, 9.17) is 0 Å². The number of nitrogens with one attached hydrogen (secondary N) is 1. The molecule has 4 nitrogen and oxygen atoms in total. The molecule has 0 aromatic carbocycles. The van der Waals surface area contributed by atoms with Crippen LogP contribution in [0.4, 0.5) is 4.79 Å². The third-order valence-electron chi connectivity index (χ3n) is 3.49. The molecule has 0 unspecified atom stereocenters. The number of hydrogen-bond donors (Lipinski definition) is 1. The summed E-state index contributed by atoms with van der Waals surface area (Å²) < 4.78 is 0. The van der Waals surface area contributed by atoms with Crippen molar-refractivity contribution in [3.63, 3.8) is 0 Å². The van der Waals surface area contributed by atoms with Gasteiger partial charge in [0.1, 0.15) is 0 Å². The number of carbonyl (C=O) groups excluding carboxylic acids is 1. The molecule has 0 aliphatic rings. The third-order valence-corrected chi connectivity index (χ3v) is 5.25. The molecule has 0 bridgehead atoms. The Morgan fingerprint density at radius 2 is 2.09 bits per heavy atom. The predicted octanol–water partition coefficient (Wildman–Crippen LogP) is 4.75. The van der Waals surface area contributed by atoms with Crippen LogP contribution in [0, 0.1) is 19.8 Å². The normalized spacial score (nSPS) is 12.4. The van der Waals surface area contributed by atoms with Crippen molar-refractivity contribution in [2.24, 2.45) is 5.92 Å². The van der Waals surface area contributed by atoms with Gasteiger partial charge in [-0.2, -0.15) is 0 Å². The lowest BCUT2D eigenvalue weighted by molar-refractivity contribution is 0.185. The molecule has 2 rings (SSSR count). The fourth-order valence-corrected chi connectivity index (χ4v) is 4.18. The Bertz CT molecular complexity index is 634. The smallest absolute Gasteiger partial charge is 0.318 e. The molecule has 0 saturated heterocycles. The predicted molar refractivity (Wildman–Crippen MR) is 98.1 cm³/mol. The zero-order valence-corrected chi connectivity index (χ0v) is 16.1. The molecule has 23 heavy (non-hydrogen) atoms. The van der Waals surface area contributed by atoms with E-state index in [1.54, 1.807) is 22.7 Å². The Morgan fingerprint density at radius 3 is 2.61 bits per heavy atom. The van der Waals surface area contributed by atoms with Crippen molar-refractivity contribution in [3.8, 4) is 0 Å². The van der Waals surface area contributed by atoms with Crippen molar-refractivity contribution in [1.82, 2.24) is 15.2 Å². The summed E-state index contributed by atoms with van der Waals surface area (Å²) in [5.41, 5.74) is 0.974. The molecule has 2 amide bonds. The SMILES string of the molecule is Cc1nc([C@H](C)NC(=O)N(Cc2cccs2)CC(C)C)c(C)s1. The van der Waals surface area contributed by atoms with Gasteiger partial charge < -0.3 is 10.2 Å². The number of thiazole rings is 1. The van der Waals surface area contributed by atoms with Crippen LogP contribution in [0.25, 0.3) is 0 Å². The van der Waals surface area contributed by atoms with E-state index in [1.165, 1.54) is 9.75 Å². The highest BCUT2D eigenvalue weighted by Gasteiger charge is 2.20. The Balaban J connectivity index is 2.05. The minimum absolute atomic E-state index is 0.0235. The van der Waals surface area contributed by atoms with E-state index in [0.717, 1.165) is 17.2 Å². The first-order chi connectivity index (χ1) is 10.9. The van der Waals surface area contributed by atoms with E-state index in [2.05, 4.69) is 37.1 Å². The van der Waals surface area contributed by atoms with Gasteiger partial charge in [0, 0.05) is 16.3 Å². The Morgan fingerprint density at radius 1 is 1.35 bits per heavy atom. The molecule has 6 heteroatoms. The standard InChI is InChI=1S/C17H25N3OS2/c1-11(2)9-20(10-15-7-6-8-22-15)17(21)18-12(3)16-13(4)23-14(5)19-16/h6-8,11-12H,9-10H2,1-5H3,(H,18,21)/t12-/m0/s1. The summed E-state index contributed by atoms with van der Waals surface area (Å²) in [6.45, 7) is 11.7. The second-order valence-corrected chi connectivity index (χ2v) is 8.64. The number of carbonyl (C=O) groups is 1. The highest BCUT2D eigenvalue weighted by molar-refractivity contribution is 7.11. The lowest BCUT2D eigenvalue weighted by Gasteiger charge is -2.26. The fourth-order valence-electron chi connectivity index (χ4n) is 2.54. The van der Waals surface area contributed by atoms with Crippen molar-refractivity contribution in [2.75, 3.05) is 6.54 Å². The number of hydrogen-bond acceptors (Lipinski definition) is 4. The van der Waals surface area contributed by atoms with E-state index < -0.39 is 0 Å². The van der Waals surface area contributed by atoms with Crippen LogP contribution in [-0.4, -0.2) is 22.5 Å². The third kappa shape index (κ3) is 5.04. The van der Waals surface area contributed by atoms with Crippen molar-refractivity contribution in [2.45, 2.75) is 47.2 Å². The van der Waals surface area contributed by atoms with Gasteiger partial charge in [0.2, 0.25) is 0 Å². The molecule has 0 aliphatic carbocycles. The average molecular weight is 352 g/mol. The van der Waals surface area contributed by atoms with Crippen molar-refractivity contribution >= 4 is 28.7 Å². The largest absolute Gasteiger partial charge is 0.330 e. The monoisotopic (exact) mass is 351 g/mol. The molecule has 2 heterocycles. The first-order valence-corrected chi connectivity index (χ1v) is 9.58. The molecule has 0 aliphatic heterocycles. The zero-order valence-electron chi connectivity index (χ0n) is 14.4.